The fraction of sp³-hybridized carbons (Fsp3) is 0.179. The van der Waals surface area contributed by atoms with Crippen LogP contribution in [0.5, 0.6) is 5.75 Å². The molecule has 0 aliphatic carbocycles. The fourth-order valence-corrected chi connectivity index (χ4v) is 7.57. The van der Waals surface area contributed by atoms with Crippen LogP contribution in [-0.2, 0) is 16.2 Å². The number of aryl methyl sites for hydroxylation is 1. The zero-order chi connectivity index (χ0) is 27.3. The molecule has 2 aliphatic rings. The standard InChI is InChI=1S/C28H21N3O6S2/c1-15-4-2-3-5-17(15)14-37-20-12-6-16(7-13-20)21-22-24(38-25-23(21)39-28(34)29-25)27(33)30(26(22)32)18-8-10-19(11-9-18)31(35)36/h2-13,21-22,24H,14H2,1H3,(H,29,34)/t21-,22?,24?/m1/s1. The molecule has 2 amide bonds. The first-order valence-corrected chi connectivity index (χ1v) is 13.8. The number of benzene rings is 3. The largest absolute Gasteiger partial charge is 0.489 e. The number of nitro groups is 1. The zero-order valence-electron chi connectivity index (χ0n) is 20.5. The van der Waals surface area contributed by atoms with Crippen molar-refractivity contribution in [3.63, 3.8) is 0 Å². The summed E-state index contributed by atoms with van der Waals surface area (Å²) in [7, 11) is 0. The summed E-state index contributed by atoms with van der Waals surface area (Å²) in [6.45, 7) is 2.44. The Bertz CT molecular complexity index is 1660. The number of nitrogens with one attached hydrogen (secondary N) is 1. The minimum absolute atomic E-state index is 0.132. The number of nitrogens with zero attached hydrogens (tertiary/aromatic N) is 2. The first-order valence-electron chi connectivity index (χ1n) is 12.1. The maximum Gasteiger partial charge on any atom is 0.305 e. The summed E-state index contributed by atoms with van der Waals surface area (Å²) in [6, 6.07) is 20.7. The molecule has 39 heavy (non-hydrogen) atoms. The van der Waals surface area contributed by atoms with E-state index in [4.69, 9.17) is 4.74 Å². The van der Waals surface area contributed by atoms with Gasteiger partial charge in [0, 0.05) is 22.9 Å². The molecule has 3 aromatic carbocycles. The lowest BCUT2D eigenvalue weighted by Crippen LogP contribution is -2.32. The predicted octanol–water partition coefficient (Wildman–Crippen LogP) is 5.03. The number of thioether (sulfide) groups is 1. The smallest absolute Gasteiger partial charge is 0.305 e. The Labute approximate surface area is 230 Å². The van der Waals surface area contributed by atoms with Gasteiger partial charge in [0.1, 0.15) is 17.6 Å². The second kappa shape index (κ2) is 9.83. The van der Waals surface area contributed by atoms with E-state index in [0.717, 1.165) is 32.9 Å². The van der Waals surface area contributed by atoms with Crippen LogP contribution in [-0.4, -0.2) is 27.0 Å². The summed E-state index contributed by atoms with van der Waals surface area (Å²) in [4.78, 5) is 54.5. The number of hydrogen-bond acceptors (Lipinski definition) is 8. The van der Waals surface area contributed by atoms with Gasteiger partial charge in [0.25, 0.3) is 5.69 Å². The Hall–Kier alpha value is -4.22. The lowest BCUT2D eigenvalue weighted by molar-refractivity contribution is -0.384. The van der Waals surface area contributed by atoms with E-state index in [1.807, 2.05) is 55.5 Å². The highest BCUT2D eigenvalue weighted by Gasteiger charge is 2.56. The second-order valence-electron chi connectivity index (χ2n) is 9.32. The summed E-state index contributed by atoms with van der Waals surface area (Å²) in [5.41, 5.74) is 3.15. The quantitative estimate of drug-likeness (QED) is 0.200. The van der Waals surface area contributed by atoms with Crippen LogP contribution in [0.4, 0.5) is 11.4 Å². The number of carbonyl (C=O) groups excluding carboxylic acids is 2. The number of aromatic amines is 1. The van der Waals surface area contributed by atoms with Gasteiger partial charge in [0.2, 0.25) is 11.8 Å². The van der Waals surface area contributed by atoms with Gasteiger partial charge in [-0.25, -0.2) is 4.90 Å². The van der Waals surface area contributed by atoms with Crippen LogP contribution >= 0.6 is 23.1 Å². The SMILES string of the molecule is Cc1ccccc1COc1ccc([C@H]2c3sc(=O)[nH]c3SC3C(=O)N(c4ccc([N+](=O)[O-])cc4)C(=O)C32)cc1. The van der Waals surface area contributed by atoms with Gasteiger partial charge in [-0.1, -0.05) is 59.5 Å². The van der Waals surface area contributed by atoms with E-state index in [1.165, 1.54) is 36.0 Å². The maximum absolute atomic E-state index is 13.8. The van der Waals surface area contributed by atoms with Crippen LogP contribution in [0.1, 0.15) is 27.5 Å². The summed E-state index contributed by atoms with van der Waals surface area (Å²) in [6.07, 6.45) is 0. The molecule has 11 heteroatoms. The van der Waals surface area contributed by atoms with Gasteiger partial charge in [-0.3, -0.25) is 24.5 Å². The average Bonchev–Trinajstić information content (AvgIpc) is 3.42. The molecule has 0 spiro atoms. The van der Waals surface area contributed by atoms with Crippen molar-refractivity contribution < 1.29 is 19.2 Å². The summed E-state index contributed by atoms with van der Waals surface area (Å²) >= 11 is 2.23. The van der Waals surface area contributed by atoms with Gasteiger partial charge in [-0.2, -0.15) is 0 Å². The number of carbonyl (C=O) groups is 2. The topological polar surface area (TPSA) is 123 Å². The number of ether oxygens (including phenoxy) is 1. The Morgan fingerprint density at radius 3 is 2.38 bits per heavy atom. The van der Waals surface area contributed by atoms with Crippen molar-refractivity contribution >= 4 is 46.3 Å². The van der Waals surface area contributed by atoms with E-state index >= 15 is 0 Å². The molecule has 3 heterocycles. The van der Waals surface area contributed by atoms with Crippen molar-refractivity contribution in [2.75, 3.05) is 4.90 Å². The van der Waals surface area contributed by atoms with E-state index in [-0.39, 0.29) is 16.2 Å². The number of nitro benzene ring substituents is 1. The van der Waals surface area contributed by atoms with Gasteiger partial charge in [-0.15, -0.1) is 0 Å². The Morgan fingerprint density at radius 2 is 1.69 bits per heavy atom. The van der Waals surface area contributed by atoms with Crippen molar-refractivity contribution in [1.82, 2.24) is 4.98 Å². The van der Waals surface area contributed by atoms with Crippen LogP contribution in [0.25, 0.3) is 0 Å². The normalized spacial score (nSPS) is 20.0. The van der Waals surface area contributed by atoms with Crippen molar-refractivity contribution in [3.8, 4) is 5.75 Å². The van der Waals surface area contributed by atoms with E-state index in [2.05, 4.69) is 4.98 Å². The summed E-state index contributed by atoms with van der Waals surface area (Å²) in [5.74, 6) is -1.41. The second-order valence-corrected chi connectivity index (χ2v) is 11.5. The molecule has 1 N–H and O–H groups in total. The molecular formula is C28H21N3O6S2. The monoisotopic (exact) mass is 559 g/mol. The van der Waals surface area contributed by atoms with Crippen molar-refractivity contribution in [1.29, 1.82) is 0 Å². The van der Waals surface area contributed by atoms with Crippen LogP contribution in [0.15, 0.2) is 82.6 Å². The number of imide groups is 1. The Kier molecular flexibility index (Phi) is 6.32. The van der Waals surface area contributed by atoms with E-state index in [1.54, 1.807) is 0 Å². The third-order valence-corrected chi connectivity index (χ3v) is 9.44. The van der Waals surface area contributed by atoms with Gasteiger partial charge in [0.15, 0.2) is 0 Å². The third-order valence-electron chi connectivity index (χ3n) is 7.04. The molecular weight excluding hydrogens is 538 g/mol. The number of fused-ring (bicyclic) bond motifs is 2. The Balaban J connectivity index is 1.32. The van der Waals surface area contributed by atoms with E-state index in [0.29, 0.717) is 22.3 Å². The zero-order valence-corrected chi connectivity index (χ0v) is 22.2. The number of rotatable bonds is 6. The lowest BCUT2D eigenvalue weighted by atomic mass is 9.83. The molecule has 1 saturated heterocycles. The van der Waals surface area contributed by atoms with Crippen LogP contribution < -0.4 is 14.5 Å². The van der Waals surface area contributed by atoms with Crippen molar-refractivity contribution in [2.45, 2.75) is 29.7 Å². The van der Waals surface area contributed by atoms with E-state index in [9.17, 15) is 24.5 Å². The molecule has 1 fully saturated rings. The Morgan fingerprint density at radius 1 is 0.974 bits per heavy atom. The summed E-state index contributed by atoms with van der Waals surface area (Å²) in [5, 5.41) is 10.9. The van der Waals surface area contributed by atoms with E-state index < -0.39 is 33.8 Å². The number of anilines is 1. The minimum Gasteiger partial charge on any atom is -0.489 e. The van der Waals surface area contributed by atoms with Crippen molar-refractivity contribution in [2.24, 2.45) is 5.92 Å². The molecule has 1 aromatic heterocycles. The van der Waals surface area contributed by atoms with Gasteiger partial charge in [-0.05, 0) is 47.9 Å². The van der Waals surface area contributed by atoms with Crippen LogP contribution in [0, 0.1) is 23.0 Å². The highest BCUT2D eigenvalue weighted by molar-refractivity contribution is 8.00. The van der Waals surface area contributed by atoms with Crippen LogP contribution in [0.2, 0.25) is 0 Å². The summed E-state index contributed by atoms with van der Waals surface area (Å²) < 4.78 is 5.98. The number of amides is 2. The average molecular weight is 560 g/mol. The molecule has 0 radical (unpaired) electrons. The fourth-order valence-electron chi connectivity index (χ4n) is 5.06. The molecule has 2 unspecified atom stereocenters. The lowest BCUT2D eigenvalue weighted by Gasteiger charge is -2.29. The van der Waals surface area contributed by atoms with Crippen LogP contribution in [0.3, 0.4) is 0 Å². The maximum atomic E-state index is 13.8. The first-order chi connectivity index (χ1) is 18.8. The number of aromatic nitrogens is 1. The molecule has 4 aromatic rings. The molecule has 2 aliphatic heterocycles. The number of non-ortho nitro benzene ring substituents is 1. The highest BCUT2D eigenvalue weighted by atomic mass is 32.2. The van der Waals surface area contributed by atoms with Crippen molar-refractivity contribution in [3.05, 3.63) is 114 Å². The number of H-pyrrole nitrogens is 1. The predicted molar refractivity (Wildman–Crippen MR) is 147 cm³/mol. The van der Waals surface area contributed by atoms with Gasteiger partial charge >= 0.3 is 4.87 Å². The van der Waals surface area contributed by atoms with Gasteiger partial charge in [0.05, 0.1) is 21.6 Å². The molecule has 0 saturated carbocycles. The molecule has 9 nitrogen and oxygen atoms in total. The molecule has 6 rings (SSSR count). The molecule has 3 atom stereocenters. The minimum atomic E-state index is -0.743. The third kappa shape index (κ3) is 4.43. The first kappa shape index (κ1) is 25.1. The number of thiazole rings is 1. The molecule has 0 bridgehead atoms. The highest BCUT2D eigenvalue weighted by Crippen LogP contribution is 2.53. The molecule has 196 valence electrons. The van der Waals surface area contributed by atoms with Gasteiger partial charge < -0.3 is 9.72 Å². The number of hydrogen-bond donors (Lipinski definition) is 1.